The first-order valence-corrected chi connectivity index (χ1v) is 9.48. The van der Waals surface area contributed by atoms with Crippen LogP contribution in [0.4, 0.5) is 19.0 Å². The minimum absolute atomic E-state index is 0.0470. The van der Waals surface area contributed by atoms with Crippen LogP contribution in [0.5, 0.6) is 0 Å². The van der Waals surface area contributed by atoms with E-state index < -0.39 is 12.0 Å². The molecule has 11 heteroatoms. The van der Waals surface area contributed by atoms with E-state index in [-0.39, 0.29) is 18.1 Å². The number of fused-ring (bicyclic) bond motifs is 1. The molecule has 0 aliphatic carbocycles. The van der Waals surface area contributed by atoms with E-state index in [4.69, 9.17) is 0 Å². The van der Waals surface area contributed by atoms with Crippen molar-refractivity contribution in [3.05, 3.63) is 47.2 Å². The lowest BCUT2D eigenvalue weighted by Crippen LogP contribution is -2.49. The van der Waals surface area contributed by atoms with Crippen LogP contribution in [-0.4, -0.2) is 61.6 Å². The number of pyridine rings is 1. The second kappa shape index (κ2) is 7.54. The van der Waals surface area contributed by atoms with Gasteiger partial charge in [-0.05, 0) is 26.0 Å². The normalized spacial score (nSPS) is 15.1. The summed E-state index contributed by atoms with van der Waals surface area (Å²) in [5.74, 6) is -0.596. The fourth-order valence-electron chi connectivity index (χ4n) is 3.57. The van der Waals surface area contributed by atoms with Crippen LogP contribution in [0.1, 0.15) is 22.8 Å². The molecule has 1 aliphatic heterocycles. The molecule has 0 saturated carbocycles. The van der Waals surface area contributed by atoms with E-state index in [1.807, 2.05) is 18.2 Å². The number of anilines is 1. The fraction of sp³-hybridized carbons (Fsp3) is 0.421. The van der Waals surface area contributed by atoms with Crippen LogP contribution in [0, 0.1) is 13.8 Å². The van der Waals surface area contributed by atoms with Gasteiger partial charge >= 0.3 is 6.18 Å². The molecule has 4 rings (SSSR count). The van der Waals surface area contributed by atoms with Crippen molar-refractivity contribution >= 4 is 17.5 Å². The average molecular weight is 419 g/mol. The number of rotatable bonds is 3. The molecular weight excluding hydrogens is 399 g/mol. The Hall–Kier alpha value is -3.24. The highest BCUT2D eigenvalue weighted by Crippen LogP contribution is 2.27. The Morgan fingerprint density at radius 2 is 1.83 bits per heavy atom. The third-order valence-corrected chi connectivity index (χ3v) is 5.24. The molecule has 8 nitrogen and oxygen atoms in total. The number of nitrogens with zero attached hydrogens (tertiary/aromatic N) is 7. The van der Waals surface area contributed by atoms with Gasteiger partial charge in [-0.3, -0.25) is 4.79 Å². The Morgan fingerprint density at radius 1 is 1.10 bits per heavy atom. The molecule has 158 valence electrons. The molecule has 0 N–H and O–H groups in total. The van der Waals surface area contributed by atoms with E-state index in [0.29, 0.717) is 43.1 Å². The topological polar surface area (TPSA) is 79.5 Å². The van der Waals surface area contributed by atoms with Gasteiger partial charge in [-0.25, -0.2) is 14.5 Å². The lowest BCUT2D eigenvalue weighted by molar-refractivity contribution is -0.144. The molecule has 4 heterocycles. The van der Waals surface area contributed by atoms with E-state index in [2.05, 4.69) is 25.0 Å². The van der Waals surface area contributed by atoms with Gasteiger partial charge in [-0.2, -0.15) is 18.2 Å². The molecular formula is C19H20F3N7O. The van der Waals surface area contributed by atoms with Crippen molar-refractivity contribution in [2.45, 2.75) is 26.4 Å². The number of piperazine rings is 1. The number of hydrogen-bond acceptors (Lipinski definition) is 6. The van der Waals surface area contributed by atoms with Crippen LogP contribution in [0.25, 0.3) is 5.78 Å². The molecule has 1 amide bonds. The third kappa shape index (κ3) is 3.79. The van der Waals surface area contributed by atoms with Crippen LogP contribution in [0.3, 0.4) is 0 Å². The van der Waals surface area contributed by atoms with E-state index >= 15 is 0 Å². The van der Waals surface area contributed by atoms with Gasteiger partial charge in [-0.1, -0.05) is 6.07 Å². The Balaban J connectivity index is 1.49. The summed E-state index contributed by atoms with van der Waals surface area (Å²) in [4.78, 5) is 28.6. The van der Waals surface area contributed by atoms with Gasteiger partial charge in [0.25, 0.3) is 11.6 Å². The predicted molar refractivity (Wildman–Crippen MR) is 102 cm³/mol. The van der Waals surface area contributed by atoms with Crippen LogP contribution < -0.4 is 4.90 Å². The van der Waals surface area contributed by atoms with Crippen molar-refractivity contribution in [1.29, 1.82) is 0 Å². The molecule has 1 fully saturated rings. The van der Waals surface area contributed by atoms with Crippen LogP contribution in [0.2, 0.25) is 0 Å². The van der Waals surface area contributed by atoms with Gasteiger partial charge in [0.1, 0.15) is 5.82 Å². The largest absolute Gasteiger partial charge is 0.453 e. The van der Waals surface area contributed by atoms with Gasteiger partial charge in [0.05, 0.1) is 6.42 Å². The molecule has 3 aromatic heterocycles. The van der Waals surface area contributed by atoms with Gasteiger partial charge in [0.2, 0.25) is 5.91 Å². The highest BCUT2D eigenvalue weighted by molar-refractivity contribution is 5.79. The minimum Gasteiger partial charge on any atom is -0.353 e. The number of aryl methyl sites for hydroxylation is 2. The Morgan fingerprint density at radius 3 is 2.47 bits per heavy atom. The molecule has 0 unspecified atom stereocenters. The number of amides is 1. The fourth-order valence-corrected chi connectivity index (χ4v) is 3.57. The molecule has 3 aromatic rings. The Bertz CT molecular complexity index is 1070. The first-order chi connectivity index (χ1) is 14.2. The lowest BCUT2D eigenvalue weighted by atomic mass is 10.1. The molecule has 1 aliphatic rings. The number of hydrogen-bond donors (Lipinski definition) is 0. The quantitative estimate of drug-likeness (QED) is 0.647. The first-order valence-electron chi connectivity index (χ1n) is 9.48. The maximum Gasteiger partial charge on any atom is 0.453 e. The van der Waals surface area contributed by atoms with Gasteiger partial charge < -0.3 is 9.80 Å². The number of carbonyl (C=O) groups is 1. The van der Waals surface area contributed by atoms with E-state index in [1.54, 1.807) is 24.9 Å². The predicted octanol–water partition coefficient (Wildman–Crippen LogP) is 2.05. The van der Waals surface area contributed by atoms with Gasteiger partial charge in [-0.15, -0.1) is 5.10 Å². The second-order valence-electron chi connectivity index (χ2n) is 7.14. The summed E-state index contributed by atoms with van der Waals surface area (Å²) in [6.45, 7) is 5.70. The number of aromatic nitrogens is 5. The minimum atomic E-state index is -4.66. The third-order valence-electron chi connectivity index (χ3n) is 5.24. The first kappa shape index (κ1) is 20.0. The second-order valence-corrected chi connectivity index (χ2v) is 7.14. The monoisotopic (exact) mass is 419 g/mol. The summed E-state index contributed by atoms with van der Waals surface area (Å²) in [7, 11) is 0. The highest BCUT2D eigenvalue weighted by Gasteiger charge is 2.37. The molecule has 0 spiro atoms. The molecule has 0 radical (unpaired) electrons. The standard InChI is InChI=1S/C19H20F3N7O/c1-12-14(13(2)29-18(24-12)25-17(26-29)19(20,21)22)11-16(30)28-9-7-27(8-10-28)15-5-3-4-6-23-15/h3-6H,7-11H2,1-2H3. The number of alkyl halides is 3. The summed E-state index contributed by atoms with van der Waals surface area (Å²) in [5.41, 5.74) is 1.47. The Labute approximate surface area is 170 Å². The smallest absolute Gasteiger partial charge is 0.353 e. The van der Waals surface area contributed by atoms with E-state index in [0.717, 1.165) is 10.3 Å². The maximum atomic E-state index is 12.9. The van der Waals surface area contributed by atoms with Crippen molar-refractivity contribution in [3.8, 4) is 0 Å². The van der Waals surface area contributed by atoms with Gasteiger partial charge in [0, 0.05) is 49.3 Å². The molecule has 0 atom stereocenters. The van der Waals surface area contributed by atoms with E-state index in [9.17, 15) is 18.0 Å². The van der Waals surface area contributed by atoms with Crippen molar-refractivity contribution < 1.29 is 18.0 Å². The molecule has 0 bridgehead atoms. The van der Waals surface area contributed by atoms with Crippen molar-refractivity contribution in [2.24, 2.45) is 0 Å². The van der Waals surface area contributed by atoms with Gasteiger partial charge in [0.15, 0.2) is 0 Å². The average Bonchev–Trinajstić information content (AvgIpc) is 3.16. The lowest BCUT2D eigenvalue weighted by Gasteiger charge is -2.35. The molecule has 1 saturated heterocycles. The summed E-state index contributed by atoms with van der Waals surface area (Å²) < 4.78 is 39.8. The van der Waals surface area contributed by atoms with E-state index in [1.165, 1.54) is 0 Å². The number of carbonyl (C=O) groups excluding carboxylic acids is 1. The Kier molecular flexibility index (Phi) is 5.04. The van der Waals surface area contributed by atoms with Crippen molar-refractivity contribution in [3.63, 3.8) is 0 Å². The summed E-state index contributed by atoms with van der Waals surface area (Å²) in [5, 5.41) is 3.53. The zero-order valence-electron chi connectivity index (χ0n) is 16.5. The van der Waals surface area contributed by atoms with Crippen LogP contribution in [0.15, 0.2) is 24.4 Å². The highest BCUT2D eigenvalue weighted by atomic mass is 19.4. The van der Waals surface area contributed by atoms with Crippen molar-refractivity contribution in [1.82, 2.24) is 29.5 Å². The zero-order chi connectivity index (χ0) is 21.5. The zero-order valence-corrected chi connectivity index (χ0v) is 16.5. The van der Waals surface area contributed by atoms with Crippen LogP contribution in [-0.2, 0) is 17.4 Å². The maximum absolute atomic E-state index is 12.9. The molecule has 0 aromatic carbocycles. The summed E-state index contributed by atoms with van der Waals surface area (Å²) in [6.07, 6.45) is -2.88. The molecule has 30 heavy (non-hydrogen) atoms. The van der Waals surface area contributed by atoms with Crippen molar-refractivity contribution in [2.75, 3.05) is 31.1 Å². The summed E-state index contributed by atoms with van der Waals surface area (Å²) in [6, 6.07) is 5.70. The number of halogens is 3. The SMILES string of the molecule is Cc1nc2nc(C(F)(F)F)nn2c(C)c1CC(=O)N1CCN(c2ccccn2)CC1. The summed E-state index contributed by atoms with van der Waals surface area (Å²) >= 11 is 0. The van der Waals surface area contributed by atoms with Crippen LogP contribution >= 0.6 is 0 Å².